The van der Waals surface area contributed by atoms with Gasteiger partial charge in [0.15, 0.2) is 5.82 Å². The molecule has 0 aliphatic carbocycles. The van der Waals surface area contributed by atoms with E-state index < -0.39 is 17.8 Å². The maximum atomic E-state index is 13.0. The number of urea groups is 1. The largest absolute Gasteiger partial charge is 0.416 e. The number of H-pyrrole nitrogens is 1. The highest BCUT2D eigenvalue weighted by molar-refractivity contribution is 6.01. The number of hydrogen-bond donors (Lipinski definition) is 4. The summed E-state index contributed by atoms with van der Waals surface area (Å²) in [6.45, 7) is 1.36. The number of rotatable bonds is 3. The van der Waals surface area contributed by atoms with E-state index in [9.17, 15) is 18.0 Å². The van der Waals surface area contributed by atoms with E-state index in [1.807, 2.05) is 0 Å². The predicted molar refractivity (Wildman–Crippen MR) is 113 cm³/mol. The minimum atomic E-state index is -4.50. The molecular weight excluding hydrogens is 409 g/mol. The number of carbonyl (C=O) groups is 1. The quantitative estimate of drug-likeness (QED) is 0.362. The smallest absolute Gasteiger partial charge is 0.382 e. The Morgan fingerprint density at radius 1 is 1.03 bits per heavy atom. The van der Waals surface area contributed by atoms with Crippen molar-refractivity contribution in [2.75, 3.05) is 16.4 Å². The number of pyridine rings is 1. The summed E-state index contributed by atoms with van der Waals surface area (Å²) in [7, 11) is 0. The lowest BCUT2D eigenvalue weighted by Crippen LogP contribution is -2.20. The van der Waals surface area contributed by atoms with Crippen molar-refractivity contribution in [3.8, 4) is 11.3 Å². The number of carbonyl (C=O) groups excluding carboxylic acids is 1. The second kappa shape index (κ2) is 7.63. The maximum absolute atomic E-state index is 13.0. The fourth-order valence-electron chi connectivity index (χ4n) is 3.22. The van der Waals surface area contributed by atoms with E-state index in [1.54, 1.807) is 36.5 Å². The first-order valence-corrected chi connectivity index (χ1v) is 9.17. The van der Waals surface area contributed by atoms with Gasteiger partial charge in [0.05, 0.1) is 22.2 Å². The highest BCUT2D eigenvalue weighted by Crippen LogP contribution is 2.33. The first-order valence-electron chi connectivity index (χ1n) is 9.17. The molecule has 0 aliphatic rings. The molecule has 2 aromatic heterocycles. The molecule has 0 spiro atoms. The molecule has 2 amide bonds. The van der Waals surface area contributed by atoms with E-state index in [0.717, 1.165) is 17.1 Å². The van der Waals surface area contributed by atoms with E-state index >= 15 is 0 Å². The molecule has 158 valence electrons. The average molecular weight is 426 g/mol. The number of halogens is 3. The summed E-state index contributed by atoms with van der Waals surface area (Å²) in [5.41, 5.74) is 7.84. The number of nitrogens with one attached hydrogen (secondary N) is 3. The van der Waals surface area contributed by atoms with Crippen molar-refractivity contribution < 1.29 is 18.0 Å². The van der Waals surface area contributed by atoms with Crippen LogP contribution in [0.1, 0.15) is 11.1 Å². The Bertz CT molecular complexity index is 1260. The summed E-state index contributed by atoms with van der Waals surface area (Å²) in [4.78, 5) is 16.6. The van der Waals surface area contributed by atoms with Crippen LogP contribution < -0.4 is 16.4 Å². The van der Waals surface area contributed by atoms with Gasteiger partial charge in [-0.15, -0.1) is 0 Å². The summed E-state index contributed by atoms with van der Waals surface area (Å²) in [6, 6.07) is 11.5. The van der Waals surface area contributed by atoms with Crippen LogP contribution in [0.4, 0.5) is 35.2 Å². The third kappa shape index (κ3) is 4.13. The average Bonchev–Trinajstić information content (AvgIpc) is 3.10. The topological polar surface area (TPSA) is 109 Å². The number of alkyl halides is 3. The van der Waals surface area contributed by atoms with Crippen LogP contribution in [0.15, 0.2) is 54.7 Å². The number of hydrogen-bond acceptors (Lipinski definition) is 4. The molecule has 4 aromatic rings. The Balaban J connectivity index is 1.49. The van der Waals surface area contributed by atoms with Gasteiger partial charge in [0.1, 0.15) is 0 Å². The lowest BCUT2D eigenvalue weighted by Gasteiger charge is -2.13. The number of aromatic amines is 1. The number of aromatic nitrogens is 3. The standard InChI is InChI=1S/C21H17F3N6O/c1-11-2-5-14(10-15(11)21(22,23)24)28-20(31)27-13-6-3-12(4-7-13)18-17-16(8-9-26-18)29-30-19(17)25/h2-10H,1H3,(H3,25,29,30)(H2,27,28,31). The van der Waals surface area contributed by atoms with Gasteiger partial charge in [-0.2, -0.15) is 18.3 Å². The normalized spacial score (nSPS) is 11.5. The lowest BCUT2D eigenvalue weighted by atomic mass is 10.1. The van der Waals surface area contributed by atoms with E-state index in [2.05, 4.69) is 25.8 Å². The predicted octanol–water partition coefficient (Wildman–Crippen LogP) is 5.18. The van der Waals surface area contributed by atoms with Crippen molar-refractivity contribution in [2.24, 2.45) is 0 Å². The van der Waals surface area contributed by atoms with Gasteiger partial charge in [-0.25, -0.2) is 4.79 Å². The molecule has 0 atom stereocenters. The number of nitrogens with zero attached hydrogens (tertiary/aromatic N) is 2. The molecule has 7 nitrogen and oxygen atoms in total. The molecule has 0 radical (unpaired) electrons. The summed E-state index contributed by atoms with van der Waals surface area (Å²) < 4.78 is 39.1. The molecule has 0 aliphatic heterocycles. The molecule has 0 fully saturated rings. The highest BCUT2D eigenvalue weighted by Gasteiger charge is 2.32. The van der Waals surface area contributed by atoms with Gasteiger partial charge >= 0.3 is 12.2 Å². The maximum Gasteiger partial charge on any atom is 0.416 e. The number of nitrogen functional groups attached to an aromatic ring is 1. The van der Waals surface area contributed by atoms with Crippen molar-refractivity contribution in [1.29, 1.82) is 0 Å². The SMILES string of the molecule is Cc1ccc(NC(=O)Nc2ccc(-c3nccc4[nH]nc(N)c34)cc2)cc1C(F)(F)F. The van der Waals surface area contributed by atoms with Gasteiger partial charge in [-0.3, -0.25) is 10.1 Å². The molecule has 10 heteroatoms. The van der Waals surface area contributed by atoms with E-state index in [-0.39, 0.29) is 11.3 Å². The summed E-state index contributed by atoms with van der Waals surface area (Å²) in [5, 5.41) is 12.5. The monoisotopic (exact) mass is 426 g/mol. The van der Waals surface area contributed by atoms with Crippen LogP contribution in [-0.2, 0) is 6.18 Å². The van der Waals surface area contributed by atoms with Crippen LogP contribution in [0, 0.1) is 6.92 Å². The Labute approximate surface area is 174 Å². The Morgan fingerprint density at radius 3 is 2.42 bits per heavy atom. The Kier molecular flexibility index (Phi) is 4.97. The third-order valence-corrected chi connectivity index (χ3v) is 4.72. The van der Waals surface area contributed by atoms with Crippen molar-refractivity contribution in [1.82, 2.24) is 15.2 Å². The van der Waals surface area contributed by atoms with Gasteiger partial charge in [-0.05, 0) is 42.8 Å². The van der Waals surface area contributed by atoms with Crippen LogP contribution in [0.2, 0.25) is 0 Å². The Hall–Kier alpha value is -4.08. The molecule has 4 rings (SSSR count). The molecule has 31 heavy (non-hydrogen) atoms. The fraction of sp³-hybridized carbons (Fsp3) is 0.0952. The lowest BCUT2D eigenvalue weighted by molar-refractivity contribution is -0.138. The van der Waals surface area contributed by atoms with Gasteiger partial charge in [0.2, 0.25) is 0 Å². The molecule has 0 bridgehead atoms. The van der Waals surface area contributed by atoms with Crippen molar-refractivity contribution in [2.45, 2.75) is 13.1 Å². The Morgan fingerprint density at radius 2 is 1.71 bits per heavy atom. The highest BCUT2D eigenvalue weighted by atomic mass is 19.4. The van der Waals surface area contributed by atoms with Crippen LogP contribution >= 0.6 is 0 Å². The number of nitrogens with two attached hydrogens (primary N) is 1. The molecule has 2 heterocycles. The second-order valence-electron chi connectivity index (χ2n) is 6.87. The molecule has 0 saturated heterocycles. The van der Waals surface area contributed by atoms with Crippen LogP contribution in [-0.4, -0.2) is 21.2 Å². The van der Waals surface area contributed by atoms with Crippen molar-refractivity contribution in [3.63, 3.8) is 0 Å². The summed E-state index contributed by atoms with van der Waals surface area (Å²) in [5.74, 6) is 0.330. The molecular formula is C21H17F3N6O. The minimum Gasteiger partial charge on any atom is -0.382 e. The van der Waals surface area contributed by atoms with Gasteiger partial charge < -0.3 is 16.4 Å². The summed E-state index contributed by atoms with van der Waals surface area (Å²) >= 11 is 0. The van der Waals surface area contributed by atoms with Crippen LogP contribution in [0.5, 0.6) is 0 Å². The van der Waals surface area contributed by atoms with E-state index in [0.29, 0.717) is 22.6 Å². The molecule has 0 saturated carbocycles. The zero-order valence-corrected chi connectivity index (χ0v) is 16.2. The van der Waals surface area contributed by atoms with E-state index in [4.69, 9.17) is 5.73 Å². The number of fused-ring (bicyclic) bond motifs is 1. The van der Waals surface area contributed by atoms with Gasteiger partial charge in [0.25, 0.3) is 0 Å². The number of benzene rings is 2. The van der Waals surface area contributed by atoms with Gasteiger partial charge in [-0.1, -0.05) is 18.2 Å². The zero-order chi connectivity index (χ0) is 22.2. The summed E-state index contributed by atoms with van der Waals surface area (Å²) in [6.07, 6.45) is -2.87. The van der Waals surface area contributed by atoms with Crippen molar-refractivity contribution >= 4 is 34.1 Å². The van der Waals surface area contributed by atoms with Crippen molar-refractivity contribution in [3.05, 3.63) is 65.9 Å². The molecule has 0 unspecified atom stereocenters. The fourth-order valence-corrected chi connectivity index (χ4v) is 3.22. The zero-order valence-electron chi connectivity index (χ0n) is 16.2. The first-order chi connectivity index (χ1) is 14.7. The molecule has 5 N–H and O–H groups in total. The molecule has 2 aromatic carbocycles. The second-order valence-corrected chi connectivity index (χ2v) is 6.87. The minimum absolute atomic E-state index is 0.0401. The number of aryl methyl sites for hydroxylation is 1. The van der Waals surface area contributed by atoms with E-state index in [1.165, 1.54) is 19.1 Å². The number of anilines is 3. The van der Waals surface area contributed by atoms with Gasteiger partial charge in [0, 0.05) is 23.1 Å². The first kappa shape index (κ1) is 20.2. The number of amides is 2. The van der Waals surface area contributed by atoms with Crippen LogP contribution in [0.3, 0.4) is 0 Å². The van der Waals surface area contributed by atoms with Crippen LogP contribution in [0.25, 0.3) is 22.2 Å². The third-order valence-electron chi connectivity index (χ3n) is 4.72.